The maximum absolute atomic E-state index is 12.3. The minimum Gasteiger partial charge on any atom is -0.399 e. The topological polar surface area (TPSA) is 72.9 Å². The van der Waals surface area contributed by atoms with E-state index in [1.165, 1.54) is 0 Å². The zero-order chi connectivity index (χ0) is 14.7. The van der Waals surface area contributed by atoms with Crippen molar-refractivity contribution >= 4 is 28.9 Å². The Bertz CT molecular complexity index is 636. The highest BCUT2D eigenvalue weighted by molar-refractivity contribution is 6.34. The van der Waals surface area contributed by atoms with E-state index in [0.29, 0.717) is 28.6 Å². The number of hydrogen-bond acceptors (Lipinski definition) is 3. The molecule has 0 radical (unpaired) electrons. The number of aryl methyl sites for hydroxylation is 2. The molecule has 0 atom stereocenters. The van der Waals surface area contributed by atoms with Crippen LogP contribution < -0.4 is 11.1 Å². The number of nitrogens with zero attached hydrogens (tertiary/aromatic N) is 2. The molecule has 3 N–H and O–H groups in total. The zero-order valence-corrected chi connectivity index (χ0v) is 12.2. The van der Waals surface area contributed by atoms with Crippen LogP contribution in [0.4, 0.5) is 11.4 Å². The second-order valence-electron chi connectivity index (χ2n) is 4.38. The maximum atomic E-state index is 12.3. The molecule has 1 heterocycles. The minimum atomic E-state index is -0.231. The van der Waals surface area contributed by atoms with Gasteiger partial charge in [0.25, 0.3) is 5.91 Å². The van der Waals surface area contributed by atoms with Crippen LogP contribution in [0.25, 0.3) is 0 Å². The number of nitrogens with two attached hydrogens (primary N) is 1. The molecule has 0 saturated carbocycles. The molecule has 0 saturated heterocycles. The van der Waals surface area contributed by atoms with Crippen LogP contribution in [0, 0.1) is 0 Å². The first-order valence-corrected chi connectivity index (χ1v) is 6.86. The molecule has 0 unspecified atom stereocenters. The molecule has 6 heteroatoms. The van der Waals surface area contributed by atoms with Gasteiger partial charge in [0.2, 0.25) is 0 Å². The summed E-state index contributed by atoms with van der Waals surface area (Å²) in [5, 5.41) is 7.54. The van der Waals surface area contributed by atoms with Gasteiger partial charge in [0, 0.05) is 12.2 Å². The molecule has 5 nitrogen and oxygen atoms in total. The van der Waals surface area contributed by atoms with Crippen molar-refractivity contribution < 1.29 is 4.79 Å². The van der Waals surface area contributed by atoms with E-state index in [-0.39, 0.29) is 5.91 Å². The number of carbonyl (C=O) groups excluding carboxylic acids is 1. The third kappa shape index (κ3) is 2.93. The van der Waals surface area contributed by atoms with Crippen LogP contribution in [-0.2, 0) is 13.0 Å². The third-order valence-electron chi connectivity index (χ3n) is 2.97. The van der Waals surface area contributed by atoms with Gasteiger partial charge in [-0.3, -0.25) is 9.48 Å². The fourth-order valence-corrected chi connectivity index (χ4v) is 2.12. The van der Waals surface area contributed by atoms with E-state index in [0.717, 1.165) is 12.1 Å². The molecule has 2 rings (SSSR count). The predicted octanol–water partition coefficient (Wildman–Crippen LogP) is 2.95. The van der Waals surface area contributed by atoms with Gasteiger partial charge in [0.15, 0.2) is 0 Å². The Kier molecular flexibility index (Phi) is 4.29. The number of carbonyl (C=O) groups is 1. The van der Waals surface area contributed by atoms with Gasteiger partial charge in [-0.15, -0.1) is 0 Å². The van der Waals surface area contributed by atoms with E-state index in [4.69, 9.17) is 17.3 Å². The number of anilines is 2. The van der Waals surface area contributed by atoms with Crippen molar-refractivity contribution in [2.45, 2.75) is 26.8 Å². The summed E-state index contributed by atoms with van der Waals surface area (Å²) in [7, 11) is 0. The molecular weight excluding hydrogens is 276 g/mol. The van der Waals surface area contributed by atoms with Gasteiger partial charge in [-0.25, -0.2) is 0 Å². The summed E-state index contributed by atoms with van der Waals surface area (Å²) in [6.07, 6.45) is 0.788. The Balaban J connectivity index is 2.25. The molecule has 0 fully saturated rings. The van der Waals surface area contributed by atoms with Crippen molar-refractivity contribution in [1.82, 2.24) is 9.78 Å². The number of rotatable bonds is 4. The zero-order valence-electron chi connectivity index (χ0n) is 11.5. The van der Waals surface area contributed by atoms with Crippen molar-refractivity contribution in [2.75, 3.05) is 11.1 Å². The highest BCUT2D eigenvalue weighted by atomic mass is 35.5. The smallest absolute Gasteiger partial charge is 0.273 e. The van der Waals surface area contributed by atoms with Crippen molar-refractivity contribution in [3.63, 3.8) is 0 Å². The van der Waals surface area contributed by atoms with Gasteiger partial charge in [0.05, 0.1) is 16.4 Å². The summed E-state index contributed by atoms with van der Waals surface area (Å²) in [4.78, 5) is 12.3. The molecule has 0 bridgehead atoms. The number of aromatic nitrogens is 2. The van der Waals surface area contributed by atoms with Crippen LogP contribution in [0.5, 0.6) is 0 Å². The van der Waals surface area contributed by atoms with E-state index in [1.807, 2.05) is 13.8 Å². The van der Waals surface area contributed by atoms with Gasteiger partial charge in [-0.2, -0.15) is 5.10 Å². The van der Waals surface area contributed by atoms with E-state index in [2.05, 4.69) is 10.4 Å². The van der Waals surface area contributed by atoms with Gasteiger partial charge in [0.1, 0.15) is 5.69 Å². The average molecular weight is 293 g/mol. The Morgan fingerprint density at radius 1 is 1.40 bits per heavy atom. The predicted molar refractivity (Wildman–Crippen MR) is 81.1 cm³/mol. The van der Waals surface area contributed by atoms with Crippen molar-refractivity contribution in [3.05, 3.63) is 40.7 Å². The number of nitrogen functional groups attached to an aromatic ring is 1. The Labute approximate surface area is 122 Å². The second-order valence-corrected chi connectivity index (χ2v) is 4.79. The lowest BCUT2D eigenvalue weighted by molar-refractivity contribution is 0.101. The van der Waals surface area contributed by atoms with Crippen LogP contribution in [-0.4, -0.2) is 15.7 Å². The van der Waals surface area contributed by atoms with Crippen LogP contribution in [0.3, 0.4) is 0 Å². The Morgan fingerprint density at radius 2 is 2.15 bits per heavy atom. The maximum Gasteiger partial charge on any atom is 0.273 e. The molecule has 1 amide bonds. The standard InChI is InChI=1S/C14H17ClN4O/c1-3-10-8-13(19(4-2)18-10)14(20)17-12-6-5-9(16)7-11(12)15/h5-8H,3-4,16H2,1-2H3,(H,17,20). The quantitative estimate of drug-likeness (QED) is 0.851. The first-order valence-electron chi connectivity index (χ1n) is 6.48. The summed E-state index contributed by atoms with van der Waals surface area (Å²) in [6.45, 7) is 4.58. The number of benzene rings is 1. The molecule has 1 aromatic heterocycles. The van der Waals surface area contributed by atoms with Crippen molar-refractivity contribution in [2.24, 2.45) is 0 Å². The number of nitrogens with one attached hydrogen (secondary N) is 1. The Hall–Kier alpha value is -2.01. The number of halogens is 1. The number of hydrogen-bond donors (Lipinski definition) is 2. The Morgan fingerprint density at radius 3 is 2.75 bits per heavy atom. The van der Waals surface area contributed by atoms with E-state index < -0.39 is 0 Å². The normalized spacial score (nSPS) is 10.6. The summed E-state index contributed by atoms with van der Waals surface area (Å²) in [5.74, 6) is -0.231. The molecule has 0 spiro atoms. The molecule has 0 aliphatic carbocycles. The van der Waals surface area contributed by atoms with E-state index in [1.54, 1.807) is 28.9 Å². The van der Waals surface area contributed by atoms with Gasteiger partial charge >= 0.3 is 0 Å². The summed E-state index contributed by atoms with van der Waals surface area (Å²) >= 11 is 6.05. The average Bonchev–Trinajstić information content (AvgIpc) is 2.85. The molecule has 1 aromatic carbocycles. The van der Waals surface area contributed by atoms with E-state index >= 15 is 0 Å². The lowest BCUT2D eigenvalue weighted by Crippen LogP contribution is -2.17. The fourth-order valence-electron chi connectivity index (χ4n) is 1.89. The van der Waals surface area contributed by atoms with Crippen LogP contribution in [0.15, 0.2) is 24.3 Å². The molecule has 106 valence electrons. The summed E-state index contributed by atoms with van der Waals surface area (Å²) in [5.41, 5.74) is 8.13. The molecular formula is C14H17ClN4O. The molecule has 2 aromatic rings. The lowest BCUT2D eigenvalue weighted by atomic mass is 10.2. The largest absolute Gasteiger partial charge is 0.399 e. The van der Waals surface area contributed by atoms with E-state index in [9.17, 15) is 4.79 Å². The highest BCUT2D eigenvalue weighted by Gasteiger charge is 2.15. The van der Waals surface area contributed by atoms with Crippen LogP contribution in [0.2, 0.25) is 5.02 Å². The van der Waals surface area contributed by atoms with Gasteiger partial charge < -0.3 is 11.1 Å². The second kappa shape index (κ2) is 5.96. The first-order chi connectivity index (χ1) is 9.55. The van der Waals surface area contributed by atoms with Crippen molar-refractivity contribution in [3.8, 4) is 0 Å². The third-order valence-corrected chi connectivity index (χ3v) is 3.28. The lowest BCUT2D eigenvalue weighted by Gasteiger charge is -2.08. The summed E-state index contributed by atoms with van der Waals surface area (Å²) < 4.78 is 1.68. The molecule has 20 heavy (non-hydrogen) atoms. The van der Waals surface area contributed by atoms with Crippen LogP contribution in [0.1, 0.15) is 30.0 Å². The van der Waals surface area contributed by atoms with Crippen LogP contribution >= 0.6 is 11.6 Å². The highest BCUT2D eigenvalue weighted by Crippen LogP contribution is 2.24. The monoisotopic (exact) mass is 292 g/mol. The first kappa shape index (κ1) is 14.4. The van der Waals surface area contributed by atoms with Gasteiger partial charge in [-0.05, 0) is 37.6 Å². The summed E-state index contributed by atoms with van der Waals surface area (Å²) in [6, 6.07) is 6.77. The molecule has 0 aliphatic rings. The SMILES string of the molecule is CCc1cc(C(=O)Nc2ccc(N)cc2Cl)n(CC)n1. The molecule has 0 aliphatic heterocycles. The van der Waals surface area contributed by atoms with Crippen molar-refractivity contribution in [1.29, 1.82) is 0 Å². The minimum absolute atomic E-state index is 0.231. The van der Waals surface area contributed by atoms with Gasteiger partial charge in [-0.1, -0.05) is 18.5 Å². The number of amides is 1. The fraction of sp³-hybridized carbons (Fsp3) is 0.286.